The predicted molar refractivity (Wildman–Crippen MR) is 94.0 cm³/mol. The van der Waals surface area contributed by atoms with E-state index in [1.165, 1.54) is 17.8 Å². The molecule has 1 aliphatic rings. The van der Waals surface area contributed by atoms with Crippen LogP contribution in [0, 0.1) is 5.92 Å². The molecule has 1 fully saturated rings. The number of ether oxygens (including phenoxy) is 1. The second-order valence-electron chi connectivity index (χ2n) is 6.96. The van der Waals surface area contributed by atoms with Gasteiger partial charge in [0.25, 0.3) is 0 Å². The number of thiazole rings is 1. The molecular weight excluding hydrogens is 334 g/mol. The van der Waals surface area contributed by atoms with Gasteiger partial charge in [0.15, 0.2) is 0 Å². The Morgan fingerprint density at radius 2 is 2.35 bits per heavy atom. The van der Waals surface area contributed by atoms with Crippen molar-refractivity contribution in [2.75, 3.05) is 19.6 Å². The molecule has 7 heteroatoms. The van der Waals surface area contributed by atoms with Gasteiger partial charge in [-0.15, -0.1) is 11.3 Å². The molecule has 0 saturated carbocycles. The minimum atomic E-state index is -0.430. The molecule has 0 bridgehead atoms. The third kappa shape index (κ3) is 6.65. The number of nitrogens with zero attached hydrogens (tertiary/aromatic N) is 2. The first kappa shape index (κ1) is 18.5. The van der Waals surface area contributed by atoms with Crippen LogP contribution in [0.5, 0.6) is 0 Å². The molecule has 1 aromatic heterocycles. The van der Waals surface area contributed by atoms with Crippen molar-refractivity contribution >= 4 is 29.0 Å². The molecule has 1 atom stereocenters. The summed E-state index contributed by atoms with van der Waals surface area (Å²) in [6, 6.07) is 0. The van der Waals surface area contributed by atoms with Crippen LogP contribution < -0.4 is 5.32 Å². The molecule has 1 aliphatic heterocycles. The van der Waals surface area contributed by atoms with Crippen molar-refractivity contribution in [3.8, 4) is 0 Å². The number of carbonyl (C=O) groups is 1. The maximum atomic E-state index is 12.1. The van der Waals surface area contributed by atoms with Gasteiger partial charge in [-0.25, -0.2) is 9.78 Å². The summed E-state index contributed by atoms with van der Waals surface area (Å²) >= 11 is 7.37. The van der Waals surface area contributed by atoms with E-state index in [-0.39, 0.29) is 6.09 Å². The summed E-state index contributed by atoms with van der Waals surface area (Å²) in [5.74, 6) is 0.531. The van der Waals surface area contributed by atoms with Crippen molar-refractivity contribution in [2.24, 2.45) is 5.92 Å². The predicted octanol–water partition coefficient (Wildman–Crippen LogP) is 3.92. The van der Waals surface area contributed by atoms with Gasteiger partial charge in [-0.1, -0.05) is 11.6 Å². The van der Waals surface area contributed by atoms with Crippen LogP contribution in [0.4, 0.5) is 4.79 Å². The number of hydrogen-bond acceptors (Lipinski definition) is 5. The van der Waals surface area contributed by atoms with Crippen molar-refractivity contribution < 1.29 is 9.53 Å². The Hall–Kier alpha value is -0.850. The van der Waals surface area contributed by atoms with Gasteiger partial charge in [-0.2, -0.15) is 0 Å². The summed E-state index contributed by atoms with van der Waals surface area (Å²) in [7, 11) is 0. The summed E-state index contributed by atoms with van der Waals surface area (Å²) in [5, 5.41) is 4.41. The van der Waals surface area contributed by atoms with E-state index in [2.05, 4.69) is 10.3 Å². The molecule has 1 unspecified atom stereocenters. The third-order valence-electron chi connectivity index (χ3n) is 3.70. The summed E-state index contributed by atoms with van der Waals surface area (Å²) in [5.41, 5.74) is -0.430. The van der Waals surface area contributed by atoms with Gasteiger partial charge in [0.05, 0.1) is 6.20 Å². The zero-order valence-corrected chi connectivity index (χ0v) is 15.7. The average Bonchev–Trinajstić information content (AvgIpc) is 2.88. The minimum Gasteiger partial charge on any atom is -0.444 e. The van der Waals surface area contributed by atoms with E-state index in [4.69, 9.17) is 16.3 Å². The smallest absolute Gasteiger partial charge is 0.410 e. The van der Waals surface area contributed by atoms with Crippen LogP contribution in [-0.2, 0) is 11.3 Å². The molecule has 23 heavy (non-hydrogen) atoms. The molecule has 0 radical (unpaired) electrons. The van der Waals surface area contributed by atoms with E-state index >= 15 is 0 Å². The standard InChI is InChI=1S/C16H26ClN3O2S/c1-16(2,3)22-15(21)20-8-4-5-12(11-20)6-7-18-10-14-19-9-13(17)23-14/h9,12,18H,4-8,10-11H2,1-3H3. The Morgan fingerprint density at radius 3 is 3.00 bits per heavy atom. The summed E-state index contributed by atoms with van der Waals surface area (Å²) in [6.45, 7) is 8.98. The molecule has 1 N–H and O–H groups in total. The summed E-state index contributed by atoms with van der Waals surface area (Å²) in [6.07, 6.45) is 4.77. The molecule has 0 aromatic carbocycles. The lowest BCUT2D eigenvalue weighted by molar-refractivity contribution is 0.0162. The number of piperidine rings is 1. The Balaban J connectivity index is 1.68. The highest BCUT2D eigenvalue weighted by atomic mass is 35.5. The number of carbonyl (C=O) groups excluding carboxylic acids is 1. The minimum absolute atomic E-state index is 0.187. The van der Waals surface area contributed by atoms with Crippen molar-refractivity contribution in [1.29, 1.82) is 0 Å². The largest absolute Gasteiger partial charge is 0.444 e. The number of aromatic nitrogens is 1. The first-order valence-corrected chi connectivity index (χ1v) is 9.32. The van der Waals surface area contributed by atoms with Gasteiger partial charge < -0.3 is 15.0 Å². The fraction of sp³-hybridized carbons (Fsp3) is 0.750. The molecule has 130 valence electrons. The maximum absolute atomic E-state index is 12.1. The van der Waals surface area contributed by atoms with E-state index in [9.17, 15) is 4.79 Å². The molecular formula is C16H26ClN3O2S. The van der Waals surface area contributed by atoms with Gasteiger partial charge in [0.1, 0.15) is 14.9 Å². The Morgan fingerprint density at radius 1 is 1.57 bits per heavy atom. The van der Waals surface area contributed by atoms with E-state index < -0.39 is 5.60 Å². The molecule has 0 aliphatic carbocycles. The Labute approximate surface area is 147 Å². The Kier molecular flexibility index (Phi) is 6.68. The molecule has 1 saturated heterocycles. The van der Waals surface area contributed by atoms with Gasteiger partial charge in [-0.05, 0) is 52.5 Å². The lowest BCUT2D eigenvalue weighted by Gasteiger charge is -2.34. The van der Waals surface area contributed by atoms with Crippen molar-refractivity contribution in [3.63, 3.8) is 0 Å². The fourth-order valence-electron chi connectivity index (χ4n) is 2.66. The summed E-state index contributed by atoms with van der Waals surface area (Å²) < 4.78 is 6.19. The van der Waals surface area contributed by atoms with Crippen LogP contribution in [0.3, 0.4) is 0 Å². The van der Waals surface area contributed by atoms with Gasteiger partial charge in [0.2, 0.25) is 0 Å². The topological polar surface area (TPSA) is 54.5 Å². The molecule has 5 nitrogen and oxygen atoms in total. The van der Waals surface area contributed by atoms with Gasteiger partial charge >= 0.3 is 6.09 Å². The first-order valence-electron chi connectivity index (χ1n) is 8.12. The lowest BCUT2D eigenvalue weighted by atomic mass is 9.95. The van der Waals surface area contributed by atoms with Crippen LogP contribution in [0.1, 0.15) is 45.0 Å². The quantitative estimate of drug-likeness (QED) is 0.809. The van der Waals surface area contributed by atoms with Crippen molar-refractivity contribution in [2.45, 2.75) is 52.2 Å². The normalized spacial score (nSPS) is 19.0. The van der Waals surface area contributed by atoms with Crippen LogP contribution in [0.25, 0.3) is 0 Å². The van der Waals surface area contributed by atoms with Crippen molar-refractivity contribution in [3.05, 3.63) is 15.5 Å². The average molecular weight is 360 g/mol. The molecule has 1 aromatic rings. The second-order valence-corrected chi connectivity index (χ2v) is 8.70. The van der Waals surface area contributed by atoms with E-state index in [1.807, 2.05) is 25.7 Å². The van der Waals surface area contributed by atoms with Crippen molar-refractivity contribution in [1.82, 2.24) is 15.2 Å². The number of rotatable bonds is 5. The van der Waals surface area contributed by atoms with E-state index in [0.29, 0.717) is 5.92 Å². The van der Waals surface area contributed by atoms with E-state index in [1.54, 1.807) is 6.20 Å². The number of halogens is 1. The summed E-state index contributed by atoms with van der Waals surface area (Å²) in [4.78, 5) is 18.2. The SMILES string of the molecule is CC(C)(C)OC(=O)N1CCCC(CCNCc2ncc(Cl)s2)C1. The molecule has 2 heterocycles. The van der Waals surface area contributed by atoms with Gasteiger partial charge in [-0.3, -0.25) is 0 Å². The highest BCUT2D eigenvalue weighted by Gasteiger charge is 2.27. The number of nitrogens with one attached hydrogen (secondary N) is 1. The number of likely N-dealkylation sites (tertiary alicyclic amines) is 1. The highest BCUT2D eigenvalue weighted by molar-refractivity contribution is 7.15. The monoisotopic (exact) mass is 359 g/mol. The van der Waals surface area contributed by atoms with Crippen LogP contribution in [0.2, 0.25) is 4.34 Å². The number of amides is 1. The zero-order valence-electron chi connectivity index (χ0n) is 14.1. The van der Waals surface area contributed by atoms with Crippen LogP contribution in [-0.4, -0.2) is 41.2 Å². The van der Waals surface area contributed by atoms with Crippen LogP contribution in [0.15, 0.2) is 6.20 Å². The van der Waals surface area contributed by atoms with Crippen LogP contribution >= 0.6 is 22.9 Å². The third-order valence-corrected chi connectivity index (χ3v) is 4.82. The fourth-order valence-corrected chi connectivity index (χ4v) is 3.59. The zero-order chi connectivity index (χ0) is 16.9. The molecule has 1 amide bonds. The lowest BCUT2D eigenvalue weighted by Crippen LogP contribution is -2.43. The number of hydrogen-bond donors (Lipinski definition) is 1. The van der Waals surface area contributed by atoms with Gasteiger partial charge in [0, 0.05) is 19.6 Å². The van der Waals surface area contributed by atoms with E-state index in [0.717, 1.165) is 48.4 Å². The Bertz CT molecular complexity index is 516. The maximum Gasteiger partial charge on any atom is 0.410 e. The molecule has 0 spiro atoms. The molecule has 2 rings (SSSR count). The second kappa shape index (κ2) is 8.31. The first-order chi connectivity index (χ1) is 10.8. The highest BCUT2D eigenvalue weighted by Crippen LogP contribution is 2.22.